The lowest BCUT2D eigenvalue weighted by atomic mass is 10.2. The molecule has 2 aromatic heterocycles. The van der Waals surface area contributed by atoms with Gasteiger partial charge in [0, 0.05) is 15.5 Å². The fraction of sp³-hybridized carbons (Fsp3) is 0.154. The SMILES string of the molecule is Cc1csc(CSc2nnc(-c3ccccc3Br)o2)n1. The first-order chi connectivity index (χ1) is 9.72. The fourth-order valence-electron chi connectivity index (χ4n) is 1.60. The van der Waals surface area contributed by atoms with Gasteiger partial charge in [-0.1, -0.05) is 23.9 Å². The monoisotopic (exact) mass is 367 g/mol. The number of aryl methyl sites for hydroxylation is 1. The number of nitrogens with zero attached hydrogens (tertiary/aromatic N) is 3. The molecule has 20 heavy (non-hydrogen) atoms. The minimum atomic E-state index is 0.523. The highest BCUT2D eigenvalue weighted by molar-refractivity contribution is 9.10. The van der Waals surface area contributed by atoms with Gasteiger partial charge in [0.2, 0.25) is 5.89 Å². The molecule has 0 amide bonds. The van der Waals surface area contributed by atoms with Crippen LogP contribution in [-0.2, 0) is 5.75 Å². The molecule has 7 heteroatoms. The van der Waals surface area contributed by atoms with Crippen LogP contribution in [0.5, 0.6) is 0 Å². The van der Waals surface area contributed by atoms with Crippen LogP contribution in [-0.4, -0.2) is 15.2 Å². The molecule has 0 aliphatic carbocycles. The van der Waals surface area contributed by atoms with Crippen molar-refractivity contribution in [2.45, 2.75) is 17.9 Å². The molecule has 0 fully saturated rings. The Morgan fingerprint density at radius 2 is 2.15 bits per heavy atom. The van der Waals surface area contributed by atoms with Crippen molar-refractivity contribution >= 4 is 39.0 Å². The molecule has 0 aliphatic rings. The first-order valence-electron chi connectivity index (χ1n) is 5.84. The Morgan fingerprint density at radius 3 is 2.90 bits per heavy atom. The van der Waals surface area contributed by atoms with E-state index in [-0.39, 0.29) is 0 Å². The van der Waals surface area contributed by atoms with Crippen molar-refractivity contribution in [3.05, 3.63) is 44.8 Å². The molecule has 0 aliphatic heterocycles. The van der Waals surface area contributed by atoms with Crippen molar-refractivity contribution in [1.29, 1.82) is 0 Å². The highest BCUT2D eigenvalue weighted by atomic mass is 79.9. The van der Waals surface area contributed by atoms with Crippen LogP contribution < -0.4 is 0 Å². The molecule has 0 spiro atoms. The third kappa shape index (κ3) is 3.11. The molecule has 0 radical (unpaired) electrons. The topological polar surface area (TPSA) is 51.8 Å². The summed E-state index contributed by atoms with van der Waals surface area (Å²) in [5.74, 6) is 1.27. The molecule has 0 bridgehead atoms. The molecule has 102 valence electrons. The molecule has 0 saturated heterocycles. The van der Waals surface area contributed by atoms with Crippen LogP contribution in [0.4, 0.5) is 0 Å². The third-order valence-electron chi connectivity index (χ3n) is 2.50. The Kier molecular flexibility index (Phi) is 4.18. The van der Waals surface area contributed by atoms with Gasteiger partial charge in [0.05, 0.1) is 11.3 Å². The Morgan fingerprint density at radius 1 is 1.30 bits per heavy atom. The molecular weight excluding hydrogens is 358 g/mol. The molecule has 2 heterocycles. The summed E-state index contributed by atoms with van der Waals surface area (Å²) in [6.45, 7) is 1.99. The number of halogens is 1. The van der Waals surface area contributed by atoms with Crippen LogP contribution in [0.1, 0.15) is 10.7 Å². The summed E-state index contributed by atoms with van der Waals surface area (Å²) in [5, 5.41) is 11.8. The van der Waals surface area contributed by atoms with Gasteiger partial charge in [-0.05, 0) is 35.0 Å². The maximum Gasteiger partial charge on any atom is 0.277 e. The predicted molar refractivity (Wildman–Crippen MR) is 83.8 cm³/mol. The molecule has 0 atom stereocenters. The Labute approximate surface area is 132 Å². The summed E-state index contributed by atoms with van der Waals surface area (Å²) in [6, 6.07) is 7.78. The smallest absolute Gasteiger partial charge is 0.277 e. The fourth-order valence-corrected chi connectivity index (χ4v) is 3.61. The van der Waals surface area contributed by atoms with Crippen LogP contribution in [0.15, 0.2) is 43.8 Å². The van der Waals surface area contributed by atoms with E-state index in [0.29, 0.717) is 11.1 Å². The lowest BCUT2D eigenvalue weighted by molar-refractivity contribution is 0.465. The van der Waals surface area contributed by atoms with Gasteiger partial charge in [0.25, 0.3) is 5.22 Å². The van der Waals surface area contributed by atoms with E-state index in [4.69, 9.17) is 4.42 Å². The zero-order valence-electron chi connectivity index (χ0n) is 10.5. The number of rotatable bonds is 4. The lowest BCUT2D eigenvalue weighted by Crippen LogP contribution is -1.79. The van der Waals surface area contributed by atoms with Crippen molar-refractivity contribution in [2.75, 3.05) is 0 Å². The number of hydrogen-bond donors (Lipinski definition) is 0. The Balaban J connectivity index is 1.72. The first kappa shape index (κ1) is 13.8. The highest BCUT2D eigenvalue weighted by Crippen LogP contribution is 2.30. The number of aromatic nitrogens is 3. The van der Waals surface area contributed by atoms with Crippen molar-refractivity contribution < 1.29 is 4.42 Å². The summed E-state index contributed by atoms with van der Waals surface area (Å²) in [6.07, 6.45) is 0. The number of thioether (sulfide) groups is 1. The molecule has 0 saturated carbocycles. The van der Waals surface area contributed by atoms with Crippen LogP contribution in [0.3, 0.4) is 0 Å². The van der Waals surface area contributed by atoms with E-state index in [0.717, 1.165) is 26.5 Å². The second kappa shape index (κ2) is 6.07. The molecule has 4 nitrogen and oxygen atoms in total. The Hall–Kier alpha value is -1.18. The summed E-state index contributed by atoms with van der Waals surface area (Å²) in [4.78, 5) is 4.41. The van der Waals surface area contributed by atoms with Crippen LogP contribution in [0.25, 0.3) is 11.5 Å². The summed E-state index contributed by atoms with van der Waals surface area (Å²) in [7, 11) is 0. The maximum atomic E-state index is 5.67. The largest absolute Gasteiger partial charge is 0.411 e. The van der Waals surface area contributed by atoms with E-state index in [1.54, 1.807) is 11.3 Å². The summed E-state index contributed by atoms with van der Waals surface area (Å²) >= 11 is 6.62. The first-order valence-corrected chi connectivity index (χ1v) is 8.50. The minimum Gasteiger partial charge on any atom is -0.411 e. The second-order valence-corrected chi connectivity index (χ2v) is 6.75. The molecule has 0 unspecified atom stereocenters. The average molecular weight is 368 g/mol. The van der Waals surface area contributed by atoms with Crippen LogP contribution in [0.2, 0.25) is 0 Å². The van der Waals surface area contributed by atoms with E-state index in [9.17, 15) is 0 Å². The Bertz CT molecular complexity index is 726. The maximum absolute atomic E-state index is 5.67. The van der Waals surface area contributed by atoms with Gasteiger partial charge in [-0.3, -0.25) is 0 Å². The van der Waals surface area contributed by atoms with Gasteiger partial charge in [-0.25, -0.2) is 4.98 Å². The molecule has 3 rings (SSSR count). The van der Waals surface area contributed by atoms with E-state index in [1.807, 2.05) is 36.6 Å². The highest BCUT2D eigenvalue weighted by Gasteiger charge is 2.12. The average Bonchev–Trinajstić information content (AvgIpc) is 3.06. The van der Waals surface area contributed by atoms with Gasteiger partial charge in [-0.2, -0.15) is 0 Å². The molecular formula is C13H10BrN3OS2. The van der Waals surface area contributed by atoms with Gasteiger partial charge >= 0.3 is 0 Å². The summed E-state index contributed by atoms with van der Waals surface area (Å²) < 4.78 is 6.61. The van der Waals surface area contributed by atoms with Gasteiger partial charge in [0.1, 0.15) is 5.01 Å². The quantitative estimate of drug-likeness (QED) is 0.632. The van der Waals surface area contributed by atoms with Crippen molar-refractivity contribution in [1.82, 2.24) is 15.2 Å². The van der Waals surface area contributed by atoms with E-state index < -0.39 is 0 Å². The standard InChI is InChI=1S/C13H10BrN3OS2/c1-8-6-19-11(15-8)7-20-13-17-16-12(18-13)9-4-2-3-5-10(9)14/h2-6H,7H2,1H3. The predicted octanol–water partition coefficient (Wildman–Crippen LogP) is 4.56. The zero-order chi connectivity index (χ0) is 13.9. The normalized spacial score (nSPS) is 10.9. The number of hydrogen-bond acceptors (Lipinski definition) is 6. The van der Waals surface area contributed by atoms with Crippen LogP contribution in [0, 0.1) is 6.92 Å². The van der Waals surface area contributed by atoms with E-state index in [1.165, 1.54) is 11.8 Å². The lowest BCUT2D eigenvalue weighted by Gasteiger charge is -1.97. The zero-order valence-corrected chi connectivity index (χ0v) is 13.8. The minimum absolute atomic E-state index is 0.523. The van der Waals surface area contributed by atoms with Gasteiger partial charge in [-0.15, -0.1) is 21.5 Å². The molecule has 0 N–H and O–H groups in total. The third-order valence-corrected chi connectivity index (χ3v) is 5.17. The van der Waals surface area contributed by atoms with E-state index >= 15 is 0 Å². The number of thiazole rings is 1. The van der Waals surface area contributed by atoms with E-state index in [2.05, 4.69) is 31.1 Å². The summed E-state index contributed by atoms with van der Waals surface area (Å²) in [5.41, 5.74) is 1.95. The number of benzene rings is 1. The van der Waals surface area contributed by atoms with Gasteiger partial charge in [0.15, 0.2) is 0 Å². The van der Waals surface area contributed by atoms with Crippen LogP contribution >= 0.6 is 39.0 Å². The van der Waals surface area contributed by atoms with Crippen molar-refractivity contribution in [3.8, 4) is 11.5 Å². The van der Waals surface area contributed by atoms with Crippen molar-refractivity contribution in [3.63, 3.8) is 0 Å². The van der Waals surface area contributed by atoms with Gasteiger partial charge < -0.3 is 4.42 Å². The molecule has 3 aromatic rings. The second-order valence-electron chi connectivity index (χ2n) is 4.02. The molecule has 1 aromatic carbocycles. The van der Waals surface area contributed by atoms with Crippen molar-refractivity contribution in [2.24, 2.45) is 0 Å².